The van der Waals surface area contributed by atoms with Crippen molar-refractivity contribution in [1.82, 2.24) is 15.6 Å². The number of hydrogen-bond donors (Lipinski definition) is 2. The molecular weight excluding hydrogens is 498 g/mol. The molecule has 0 radical (unpaired) electrons. The number of ether oxygens (including phenoxy) is 3. The molecule has 9 nitrogen and oxygen atoms in total. The van der Waals surface area contributed by atoms with Crippen LogP contribution in [0.15, 0.2) is 48.5 Å². The van der Waals surface area contributed by atoms with Gasteiger partial charge >= 0.3 is 12.1 Å². The third-order valence-corrected chi connectivity index (χ3v) is 5.49. The highest BCUT2D eigenvalue weighted by Gasteiger charge is 2.25. The van der Waals surface area contributed by atoms with E-state index < -0.39 is 29.6 Å². The van der Waals surface area contributed by atoms with Gasteiger partial charge in [-0.2, -0.15) is 0 Å². The van der Waals surface area contributed by atoms with Crippen LogP contribution in [-0.2, 0) is 27.2 Å². The molecule has 3 aromatic rings. The van der Waals surface area contributed by atoms with Crippen LogP contribution in [-0.4, -0.2) is 48.8 Å². The third kappa shape index (κ3) is 7.57. The van der Waals surface area contributed by atoms with Crippen LogP contribution in [0.3, 0.4) is 0 Å². The van der Waals surface area contributed by atoms with E-state index in [1.54, 1.807) is 39.0 Å². The number of pyridine rings is 1. The minimum Gasteiger partial charge on any atom is -0.480 e. The number of nitrogens with one attached hydrogen (secondary N) is 2. The largest absolute Gasteiger partial charge is 0.480 e. The van der Waals surface area contributed by atoms with Crippen LogP contribution in [0.25, 0.3) is 10.9 Å². The molecule has 0 saturated heterocycles. The molecular formula is C27H30ClN3O6. The Morgan fingerprint density at radius 3 is 2.38 bits per heavy atom. The lowest BCUT2D eigenvalue weighted by atomic mass is 10.0. The summed E-state index contributed by atoms with van der Waals surface area (Å²) in [5, 5.41) is 6.49. The first-order chi connectivity index (χ1) is 17.5. The third-order valence-electron chi connectivity index (χ3n) is 5.27. The Morgan fingerprint density at radius 2 is 1.76 bits per heavy atom. The van der Waals surface area contributed by atoms with E-state index in [2.05, 4.69) is 15.6 Å². The Hall–Kier alpha value is -3.85. The van der Waals surface area contributed by atoms with Crippen molar-refractivity contribution >= 4 is 40.5 Å². The second-order valence-corrected chi connectivity index (χ2v) is 9.72. The van der Waals surface area contributed by atoms with E-state index in [9.17, 15) is 14.4 Å². The van der Waals surface area contributed by atoms with Crippen LogP contribution < -0.4 is 15.4 Å². The lowest BCUT2D eigenvalue weighted by molar-refractivity contribution is -0.123. The van der Waals surface area contributed by atoms with E-state index in [1.165, 1.54) is 14.2 Å². The predicted octanol–water partition coefficient (Wildman–Crippen LogP) is 4.44. The van der Waals surface area contributed by atoms with Gasteiger partial charge in [-0.25, -0.2) is 14.6 Å². The summed E-state index contributed by atoms with van der Waals surface area (Å²) in [4.78, 5) is 42.3. The van der Waals surface area contributed by atoms with Crippen molar-refractivity contribution in [1.29, 1.82) is 0 Å². The second kappa shape index (κ2) is 11.9. The quantitative estimate of drug-likeness (QED) is 0.416. The summed E-state index contributed by atoms with van der Waals surface area (Å²) in [5.74, 6) is -0.929. The van der Waals surface area contributed by atoms with Crippen LogP contribution in [0, 0.1) is 0 Å². The zero-order valence-corrected chi connectivity index (χ0v) is 22.1. The van der Waals surface area contributed by atoms with Crippen LogP contribution in [0.4, 0.5) is 4.79 Å². The molecule has 0 aliphatic heterocycles. The van der Waals surface area contributed by atoms with Crippen molar-refractivity contribution in [3.63, 3.8) is 0 Å². The van der Waals surface area contributed by atoms with E-state index in [1.807, 2.05) is 30.3 Å². The molecule has 0 saturated carbocycles. The highest BCUT2D eigenvalue weighted by molar-refractivity contribution is 6.31. The topological polar surface area (TPSA) is 116 Å². The molecule has 37 heavy (non-hydrogen) atoms. The summed E-state index contributed by atoms with van der Waals surface area (Å²) in [7, 11) is 2.66. The number of fused-ring (bicyclic) bond motifs is 1. The Kier molecular flexibility index (Phi) is 8.94. The van der Waals surface area contributed by atoms with E-state index in [0.717, 1.165) is 5.56 Å². The number of halogens is 1. The molecule has 1 heterocycles. The minimum atomic E-state index is -0.892. The summed E-state index contributed by atoms with van der Waals surface area (Å²) in [6.07, 6.45) is -0.435. The van der Waals surface area contributed by atoms with Crippen molar-refractivity contribution < 1.29 is 28.6 Å². The SMILES string of the molecule is COC(=O)c1cc2cc(Cl)cc(CNC(=O)C(Cc3ccccc3)NC(=O)OC(C)(C)C)c2nc1OC. The van der Waals surface area contributed by atoms with Crippen LogP contribution in [0.2, 0.25) is 5.02 Å². The molecule has 0 fully saturated rings. The maximum atomic E-state index is 13.2. The molecule has 2 N–H and O–H groups in total. The second-order valence-electron chi connectivity index (χ2n) is 9.28. The molecule has 3 rings (SSSR count). The molecule has 0 aliphatic rings. The molecule has 0 bridgehead atoms. The summed E-state index contributed by atoms with van der Waals surface area (Å²) >= 11 is 6.32. The van der Waals surface area contributed by atoms with Gasteiger partial charge in [-0.3, -0.25) is 4.79 Å². The van der Waals surface area contributed by atoms with Gasteiger partial charge in [0.25, 0.3) is 0 Å². The maximum Gasteiger partial charge on any atom is 0.408 e. The van der Waals surface area contributed by atoms with Gasteiger partial charge in [0.1, 0.15) is 17.2 Å². The van der Waals surface area contributed by atoms with E-state index in [4.69, 9.17) is 25.8 Å². The van der Waals surface area contributed by atoms with Crippen molar-refractivity contribution in [2.75, 3.05) is 14.2 Å². The molecule has 0 aliphatic carbocycles. The van der Waals surface area contributed by atoms with Crippen LogP contribution >= 0.6 is 11.6 Å². The molecule has 1 aromatic heterocycles. The number of carbonyl (C=O) groups is 3. The molecule has 196 valence electrons. The van der Waals surface area contributed by atoms with Crippen LogP contribution in [0.1, 0.15) is 42.3 Å². The Labute approximate surface area is 220 Å². The van der Waals surface area contributed by atoms with E-state index in [0.29, 0.717) is 21.5 Å². The number of alkyl carbamates (subject to hydrolysis) is 1. The number of aromatic nitrogens is 1. The van der Waals surface area contributed by atoms with Gasteiger partial charge in [-0.1, -0.05) is 41.9 Å². The van der Waals surface area contributed by atoms with Crippen molar-refractivity contribution in [3.8, 4) is 5.88 Å². The number of rotatable bonds is 8. The fourth-order valence-electron chi connectivity index (χ4n) is 3.67. The maximum absolute atomic E-state index is 13.2. The first-order valence-electron chi connectivity index (χ1n) is 11.6. The molecule has 0 spiro atoms. The average Bonchev–Trinajstić information content (AvgIpc) is 2.84. The van der Waals surface area contributed by atoms with Crippen molar-refractivity contribution in [2.45, 2.75) is 45.4 Å². The molecule has 2 amide bonds. The van der Waals surface area contributed by atoms with Gasteiger partial charge in [0.2, 0.25) is 11.8 Å². The number of benzene rings is 2. The number of amides is 2. The van der Waals surface area contributed by atoms with E-state index >= 15 is 0 Å². The lowest BCUT2D eigenvalue weighted by Crippen LogP contribution is -2.49. The smallest absolute Gasteiger partial charge is 0.408 e. The number of esters is 1. The molecule has 10 heteroatoms. The van der Waals surface area contributed by atoms with Crippen molar-refractivity contribution in [2.24, 2.45) is 0 Å². The van der Waals surface area contributed by atoms with Crippen LogP contribution in [0.5, 0.6) is 5.88 Å². The van der Waals surface area contributed by atoms with Gasteiger partial charge in [0.15, 0.2) is 0 Å². The Balaban J connectivity index is 1.86. The summed E-state index contributed by atoms with van der Waals surface area (Å²) in [6.45, 7) is 5.30. The predicted molar refractivity (Wildman–Crippen MR) is 140 cm³/mol. The molecule has 1 atom stereocenters. The fraction of sp³-hybridized carbons (Fsp3) is 0.333. The lowest BCUT2D eigenvalue weighted by Gasteiger charge is -2.23. The number of carbonyl (C=O) groups excluding carboxylic acids is 3. The van der Waals surface area contributed by atoms with Gasteiger partial charge in [0, 0.05) is 23.4 Å². The van der Waals surface area contributed by atoms with Gasteiger partial charge in [-0.05, 0) is 50.1 Å². The van der Waals surface area contributed by atoms with Crippen molar-refractivity contribution in [3.05, 3.63) is 70.2 Å². The zero-order valence-electron chi connectivity index (χ0n) is 21.4. The van der Waals surface area contributed by atoms with E-state index in [-0.39, 0.29) is 24.4 Å². The normalized spacial score (nSPS) is 11.9. The summed E-state index contributed by atoms with van der Waals surface area (Å²) in [6, 6.07) is 13.3. The standard InChI is InChI=1S/C27H30ClN3O6/c1-27(2,3)37-26(34)30-21(11-16-9-7-6-8-10-16)23(32)29-15-18-13-19(28)12-17-14-20(25(33)36-5)24(35-4)31-22(17)18/h6-10,12-14,21H,11,15H2,1-5H3,(H,29,32)(H,30,34). The highest BCUT2D eigenvalue weighted by Crippen LogP contribution is 2.28. The average molecular weight is 528 g/mol. The van der Waals surface area contributed by atoms with Gasteiger partial charge in [-0.15, -0.1) is 0 Å². The summed E-state index contributed by atoms with van der Waals surface area (Å²) < 4.78 is 15.4. The highest BCUT2D eigenvalue weighted by atomic mass is 35.5. The monoisotopic (exact) mass is 527 g/mol. The number of methoxy groups -OCH3 is 2. The Morgan fingerprint density at radius 1 is 1.05 bits per heavy atom. The first-order valence-corrected chi connectivity index (χ1v) is 11.9. The van der Waals surface area contributed by atoms with Gasteiger partial charge in [0.05, 0.1) is 19.7 Å². The molecule has 2 aromatic carbocycles. The minimum absolute atomic E-state index is 0.0604. The number of nitrogens with zero attached hydrogens (tertiary/aromatic N) is 1. The fourth-order valence-corrected chi connectivity index (χ4v) is 3.91. The molecule has 1 unspecified atom stereocenters. The number of hydrogen-bond acceptors (Lipinski definition) is 7. The Bertz CT molecular complexity index is 1290. The zero-order chi connectivity index (χ0) is 27.2. The summed E-state index contributed by atoms with van der Waals surface area (Å²) in [5.41, 5.74) is 1.40. The van der Waals surface area contributed by atoms with Gasteiger partial charge < -0.3 is 24.8 Å². The first kappa shape index (κ1) is 27.7.